The van der Waals surface area contributed by atoms with E-state index in [9.17, 15) is 0 Å². The molecule has 0 saturated carbocycles. The maximum absolute atomic E-state index is 4.64. The number of nitrogens with zero attached hydrogens (tertiary/aromatic N) is 5. The van der Waals surface area contributed by atoms with E-state index in [2.05, 4.69) is 42.9 Å². The number of anilines is 1. The molecule has 0 radical (unpaired) electrons. The van der Waals surface area contributed by atoms with Gasteiger partial charge in [0, 0.05) is 32.4 Å². The number of piperazine rings is 1. The van der Waals surface area contributed by atoms with Crippen molar-refractivity contribution < 1.29 is 0 Å². The number of fused-ring (bicyclic) bond motifs is 1. The lowest BCUT2D eigenvalue weighted by molar-refractivity contribution is 0.312. The largest absolute Gasteiger partial charge is 0.354 e. The maximum Gasteiger partial charge on any atom is 0.171 e. The van der Waals surface area contributed by atoms with Crippen LogP contribution in [-0.4, -0.2) is 52.7 Å². The second kappa shape index (κ2) is 4.27. The van der Waals surface area contributed by atoms with Crippen molar-refractivity contribution in [2.24, 2.45) is 0 Å². The van der Waals surface area contributed by atoms with Crippen LogP contribution in [0, 0.1) is 0 Å². The van der Waals surface area contributed by atoms with Gasteiger partial charge in [0.05, 0.1) is 10.7 Å². The van der Waals surface area contributed by atoms with Gasteiger partial charge in [-0.15, -0.1) is 0 Å². The lowest BCUT2D eigenvalue weighted by atomic mass is 10.3. The molecule has 0 bridgehead atoms. The van der Waals surface area contributed by atoms with Crippen molar-refractivity contribution in [3.8, 4) is 0 Å². The molecule has 1 saturated heterocycles. The van der Waals surface area contributed by atoms with E-state index in [4.69, 9.17) is 0 Å². The molecule has 90 valence electrons. The fraction of sp³-hybridized carbons (Fsp3) is 0.455. The predicted octanol–water partition coefficient (Wildman–Crippen LogP) is 1.24. The lowest BCUT2D eigenvalue weighted by Crippen LogP contribution is -2.44. The Morgan fingerprint density at radius 3 is 2.76 bits per heavy atom. The van der Waals surface area contributed by atoms with Crippen LogP contribution in [0.4, 0.5) is 5.82 Å². The highest BCUT2D eigenvalue weighted by Crippen LogP contribution is 2.19. The third-order valence-electron chi connectivity index (χ3n) is 3.14. The van der Waals surface area contributed by atoms with Crippen LogP contribution >= 0.6 is 15.9 Å². The molecule has 0 aromatic carbocycles. The minimum absolute atomic E-state index is 0.876. The predicted molar refractivity (Wildman–Crippen MR) is 70.4 cm³/mol. The van der Waals surface area contributed by atoms with Crippen molar-refractivity contribution in [2.45, 2.75) is 0 Å². The highest BCUT2D eigenvalue weighted by Gasteiger charge is 2.16. The molecular formula is C11H14BrN5. The molecule has 0 spiro atoms. The second-order valence-corrected chi connectivity index (χ2v) is 5.19. The fourth-order valence-corrected chi connectivity index (χ4v) is 2.41. The summed E-state index contributed by atoms with van der Waals surface area (Å²) >= 11 is 3.46. The van der Waals surface area contributed by atoms with Crippen LogP contribution in [0.15, 0.2) is 22.9 Å². The summed E-state index contributed by atoms with van der Waals surface area (Å²) in [6, 6.07) is 2.03. The van der Waals surface area contributed by atoms with Gasteiger partial charge in [0.2, 0.25) is 0 Å². The molecule has 0 N–H and O–H groups in total. The highest BCUT2D eigenvalue weighted by molar-refractivity contribution is 9.10. The first-order chi connectivity index (χ1) is 8.24. The Balaban J connectivity index is 1.92. The molecule has 1 aliphatic rings. The van der Waals surface area contributed by atoms with Crippen LogP contribution in [0.3, 0.4) is 0 Å². The summed E-state index contributed by atoms with van der Waals surface area (Å²) in [5, 5.41) is 4.20. The summed E-state index contributed by atoms with van der Waals surface area (Å²) in [4.78, 5) is 9.30. The van der Waals surface area contributed by atoms with Gasteiger partial charge in [-0.1, -0.05) is 0 Å². The number of rotatable bonds is 1. The molecule has 0 aliphatic carbocycles. The zero-order valence-electron chi connectivity index (χ0n) is 9.67. The van der Waals surface area contributed by atoms with Crippen molar-refractivity contribution in [1.82, 2.24) is 19.5 Å². The van der Waals surface area contributed by atoms with Gasteiger partial charge >= 0.3 is 0 Å². The molecule has 1 fully saturated rings. The van der Waals surface area contributed by atoms with Gasteiger partial charge in [-0.2, -0.15) is 5.10 Å². The van der Waals surface area contributed by atoms with Crippen LogP contribution < -0.4 is 4.90 Å². The molecule has 3 heterocycles. The van der Waals surface area contributed by atoms with Crippen molar-refractivity contribution in [1.29, 1.82) is 0 Å². The summed E-state index contributed by atoms with van der Waals surface area (Å²) in [7, 11) is 2.15. The van der Waals surface area contributed by atoms with Gasteiger partial charge in [0.1, 0.15) is 5.82 Å². The monoisotopic (exact) mass is 295 g/mol. The van der Waals surface area contributed by atoms with Gasteiger partial charge in [0.25, 0.3) is 0 Å². The minimum Gasteiger partial charge on any atom is -0.354 e. The quantitative estimate of drug-likeness (QED) is 0.793. The Bertz CT molecular complexity index is 530. The molecule has 0 amide bonds. The van der Waals surface area contributed by atoms with E-state index < -0.39 is 0 Å². The standard InChI is InChI=1S/C11H14BrN5/c1-15-4-6-16(7-5-15)10-2-3-17-11(14-10)9(12)8-13-17/h2-3,8H,4-7H2,1H3. The van der Waals surface area contributed by atoms with E-state index in [1.807, 2.05) is 12.3 Å². The molecule has 2 aromatic heterocycles. The zero-order chi connectivity index (χ0) is 11.8. The van der Waals surface area contributed by atoms with Crippen molar-refractivity contribution in [3.63, 3.8) is 0 Å². The van der Waals surface area contributed by atoms with E-state index >= 15 is 0 Å². The average Bonchev–Trinajstić information content (AvgIpc) is 2.72. The van der Waals surface area contributed by atoms with Gasteiger partial charge in [-0.25, -0.2) is 9.50 Å². The second-order valence-electron chi connectivity index (χ2n) is 4.34. The smallest absolute Gasteiger partial charge is 0.171 e. The van der Waals surface area contributed by atoms with E-state index in [1.165, 1.54) is 0 Å². The Kier molecular flexibility index (Phi) is 2.76. The Morgan fingerprint density at radius 2 is 2.00 bits per heavy atom. The Hall–Kier alpha value is -1.14. The van der Waals surface area contributed by atoms with Crippen LogP contribution in [0.5, 0.6) is 0 Å². The number of hydrogen-bond acceptors (Lipinski definition) is 4. The third-order valence-corrected chi connectivity index (χ3v) is 3.70. The van der Waals surface area contributed by atoms with E-state index in [0.29, 0.717) is 0 Å². The topological polar surface area (TPSA) is 36.7 Å². The molecule has 3 rings (SSSR count). The molecule has 5 nitrogen and oxygen atoms in total. The van der Waals surface area contributed by atoms with Crippen molar-refractivity contribution in [2.75, 3.05) is 38.1 Å². The Morgan fingerprint density at radius 1 is 1.24 bits per heavy atom. The summed E-state index contributed by atoms with van der Waals surface area (Å²) in [6.07, 6.45) is 3.73. The van der Waals surface area contributed by atoms with Crippen molar-refractivity contribution in [3.05, 3.63) is 22.9 Å². The minimum atomic E-state index is 0.876. The molecule has 17 heavy (non-hydrogen) atoms. The summed E-state index contributed by atoms with van der Waals surface area (Å²) in [5.74, 6) is 1.03. The maximum atomic E-state index is 4.64. The molecule has 6 heteroatoms. The molecule has 0 unspecified atom stereocenters. The first-order valence-corrected chi connectivity index (χ1v) is 6.47. The number of likely N-dealkylation sites (N-methyl/N-ethyl adjacent to an activating group) is 1. The van der Waals surface area contributed by atoms with Crippen LogP contribution in [0.25, 0.3) is 5.65 Å². The third kappa shape index (κ3) is 2.02. The number of aromatic nitrogens is 3. The van der Waals surface area contributed by atoms with E-state index in [-0.39, 0.29) is 0 Å². The average molecular weight is 296 g/mol. The van der Waals surface area contributed by atoms with Gasteiger partial charge < -0.3 is 9.80 Å². The first-order valence-electron chi connectivity index (χ1n) is 5.67. The molecule has 1 aliphatic heterocycles. The number of halogens is 1. The zero-order valence-corrected chi connectivity index (χ0v) is 11.3. The summed E-state index contributed by atoms with van der Waals surface area (Å²) in [5.41, 5.74) is 0.876. The van der Waals surface area contributed by atoms with Gasteiger partial charge in [-0.05, 0) is 29.0 Å². The Labute approximate surface area is 108 Å². The molecule has 2 aromatic rings. The van der Waals surface area contributed by atoms with Crippen LogP contribution in [0.2, 0.25) is 0 Å². The summed E-state index contributed by atoms with van der Waals surface area (Å²) < 4.78 is 2.72. The van der Waals surface area contributed by atoms with Gasteiger partial charge in [-0.3, -0.25) is 0 Å². The fourth-order valence-electron chi connectivity index (χ4n) is 2.04. The SMILES string of the molecule is CN1CCN(c2ccn3ncc(Br)c3n2)CC1. The first kappa shape index (κ1) is 11.0. The molecule has 0 atom stereocenters. The highest BCUT2D eigenvalue weighted by atomic mass is 79.9. The summed E-state index contributed by atoms with van der Waals surface area (Å²) in [6.45, 7) is 4.25. The van der Waals surface area contributed by atoms with E-state index in [0.717, 1.165) is 42.1 Å². The van der Waals surface area contributed by atoms with Crippen molar-refractivity contribution >= 4 is 27.4 Å². The van der Waals surface area contributed by atoms with Crippen LogP contribution in [-0.2, 0) is 0 Å². The van der Waals surface area contributed by atoms with Gasteiger partial charge in [0.15, 0.2) is 5.65 Å². The van der Waals surface area contributed by atoms with Crippen LogP contribution in [0.1, 0.15) is 0 Å². The van der Waals surface area contributed by atoms with E-state index in [1.54, 1.807) is 10.7 Å². The lowest BCUT2D eigenvalue weighted by Gasteiger charge is -2.33. The molecular weight excluding hydrogens is 282 g/mol. The number of hydrogen-bond donors (Lipinski definition) is 0. The normalized spacial score (nSPS) is 17.9.